The zero-order valence-electron chi connectivity index (χ0n) is 19.2. The second-order valence-corrected chi connectivity index (χ2v) is 11.8. The number of rotatable bonds is 11. The van der Waals surface area contributed by atoms with Crippen molar-refractivity contribution in [1.82, 2.24) is 24.5 Å². The van der Waals surface area contributed by atoms with Crippen LogP contribution in [-0.2, 0) is 33.6 Å². The lowest BCUT2D eigenvalue weighted by atomic mass is 10.1. The summed E-state index contributed by atoms with van der Waals surface area (Å²) in [5.41, 5.74) is 6.40. The third-order valence-electron chi connectivity index (χ3n) is 5.24. The van der Waals surface area contributed by atoms with Gasteiger partial charge in [-0.15, -0.1) is 11.3 Å². The predicted molar refractivity (Wildman–Crippen MR) is 119 cm³/mol. The molecule has 4 rings (SSSR count). The number of anilines is 1. The monoisotopic (exact) mass is 593 g/mol. The van der Waals surface area contributed by atoms with Crippen LogP contribution in [0.1, 0.15) is 26.6 Å². The Morgan fingerprint density at radius 2 is 1.92 bits per heavy atom. The third-order valence-corrected chi connectivity index (χ3v) is 9.00. The second-order valence-electron chi connectivity index (χ2n) is 7.80. The molecule has 0 aliphatic carbocycles. The number of nitrogen functional groups attached to an aromatic ring is 1. The highest BCUT2D eigenvalue weighted by Gasteiger charge is 2.45. The lowest BCUT2D eigenvalue weighted by Crippen LogP contribution is -2.34. The minimum Gasteiger partial charge on any atom is -0.756 e. The predicted octanol–water partition coefficient (Wildman–Crippen LogP) is -2.61. The van der Waals surface area contributed by atoms with E-state index >= 15 is 0 Å². The van der Waals surface area contributed by atoms with E-state index in [1.807, 2.05) is 0 Å². The molecular weight excluding hydrogens is 574 g/mol. The Morgan fingerprint density at radius 1 is 1.21 bits per heavy atom. The van der Waals surface area contributed by atoms with Crippen molar-refractivity contribution < 1.29 is 57.1 Å². The maximum Gasteiger partial charge on any atom is 0.274 e. The average Bonchev–Trinajstić information content (AvgIpc) is 3.49. The molecule has 3 aromatic rings. The molecule has 1 aliphatic rings. The van der Waals surface area contributed by atoms with Gasteiger partial charge in [-0.25, -0.2) is 24.2 Å². The maximum absolute atomic E-state index is 12.1. The van der Waals surface area contributed by atoms with Gasteiger partial charge in [0.1, 0.15) is 41.1 Å². The van der Waals surface area contributed by atoms with Gasteiger partial charge in [-0.1, -0.05) is 0 Å². The summed E-state index contributed by atoms with van der Waals surface area (Å²) >= 11 is 0.750. The molecular formula is C17H19N6O12P2S-3. The van der Waals surface area contributed by atoms with Crippen molar-refractivity contribution >= 4 is 49.9 Å². The van der Waals surface area contributed by atoms with E-state index in [1.165, 1.54) is 17.8 Å². The Labute approximate surface area is 216 Å². The first-order valence-electron chi connectivity index (χ1n) is 10.5. The molecule has 0 aromatic carbocycles. The summed E-state index contributed by atoms with van der Waals surface area (Å²) in [6.45, 7) is -0.0163. The number of carboxylic acids is 1. The normalized spacial score (nSPS) is 24.9. The fourth-order valence-electron chi connectivity index (χ4n) is 3.48. The van der Waals surface area contributed by atoms with Gasteiger partial charge in [0.15, 0.2) is 17.7 Å². The van der Waals surface area contributed by atoms with E-state index < -0.39 is 59.4 Å². The standard InChI is InChI=1S/C17H22N6O12P2S/c1-7-9(38-15(22-7)17(26)27)2-3-32-36(28,29)35-37(30,31)33-4-8-11(24)12(25)16(34-8)23-6-21-10-13(18)19-5-20-14(10)23/h5-6,8,11-12,16,24-25H,2-4H2,1H3,(H,26,27)(H,28,29)(H,30,31)(H2,18,19,20)/p-3/t8-,11-,12+,16+/m0/s1. The largest absolute Gasteiger partial charge is 0.756 e. The fourth-order valence-corrected chi connectivity index (χ4v) is 6.36. The molecule has 4 N–H and O–H groups in total. The van der Waals surface area contributed by atoms with E-state index in [-0.39, 0.29) is 28.4 Å². The second kappa shape index (κ2) is 11.0. The van der Waals surface area contributed by atoms with Crippen molar-refractivity contribution in [3.8, 4) is 0 Å². The SMILES string of the molecule is Cc1nc(C(=O)[O-])sc1CCOP(=O)([O-])OP(=O)([O-])OC[C@@H]1O[C@@H](n2cnc3c(N)ncnc32)[C@H](O)[C@H]1O. The smallest absolute Gasteiger partial charge is 0.274 e. The molecule has 6 atom stereocenters. The molecule has 1 fully saturated rings. The minimum atomic E-state index is -5.54. The van der Waals surface area contributed by atoms with Crippen LogP contribution in [-0.4, -0.2) is 72.2 Å². The van der Waals surface area contributed by atoms with E-state index in [1.54, 1.807) is 0 Å². The topological polar surface area (TPSA) is 280 Å². The number of nitrogens with two attached hydrogens (primary N) is 1. The van der Waals surface area contributed by atoms with Gasteiger partial charge in [0.05, 0.1) is 25.2 Å². The van der Waals surface area contributed by atoms with Crippen LogP contribution in [0, 0.1) is 6.92 Å². The van der Waals surface area contributed by atoms with Gasteiger partial charge >= 0.3 is 0 Å². The minimum absolute atomic E-state index is 0.0554. The first-order chi connectivity index (χ1) is 17.8. The Balaban J connectivity index is 1.32. The molecule has 1 aliphatic heterocycles. The van der Waals surface area contributed by atoms with Crippen LogP contribution in [0.5, 0.6) is 0 Å². The Bertz CT molecular complexity index is 1430. The number of carbonyl (C=O) groups is 1. The lowest BCUT2D eigenvalue weighted by Gasteiger charge is -2.31. The number of nitrogens with zero attached hydrogens (tertiary/aromatic N) is 5. The molecule has 1 saturated heterocycles. The van der Waals surface area contributed by atoms with Gasteiger partial charge in [-0.2, -0.15) is 0 Å². The number of phosphoric ester groups is 2. The van der Waals surface area contributed by atoms with E-state index in [0.29, 0.717) is 10.6 Å². The molecule has 21 heteroatoms. The van der Waals surface area contributed by atoms with Crippen LogP contribution in [0.4, 0.5) is 5.82 Å². The number of carboxylic acid groups (broad SMARTS) is 1. The van der Waals surface area contributed by atoms with Crippen molar-refractivity contribution in [2.75, 3.05) is 18.9 Å². The van der Waals surface area contributed by atoms with Crippen molar-refractivity contribution in [2.24, 2.45) is 0 Å². The lowest BCUT2D eigenvalue weighted by molar-refractivity contribution is -0.255. The summed E-state index contributed by atoms with van der Waals surface area (Å²) < 4.78 is 43.9. The number of thiazole rings is 1. The van der Waals surface area contributed by atoms with Crippen LogP contribution < -0.4 is 20.6 Å². The highest BCUT2D eigenvalue weighted by molar-refractivity contribution is 7.59. The van der Waals surface area contributed by atoms with Gasteiger partial charge < -0.3 is 49.4 Å². The number of hydrogen-bond acceptors (Lipinski definition) is 18. The molecule has 0 bridgehead atoms. The molecule has 0 saturated carbocycles. The van der Waals surface area contributed by atoms with Crippen LogP contribution in [0.2, 0.25) is 0 Å². The van der Waals surface area contributed by atoms with Crippen LogP contribution >= 0.6 is 27.0 Å². The van der Waals surface area contributed by atoms with Crippen LogP contribution in [0.15, 0.2) is 12.7 Å². The number of aliphatic hydroxyl groups is 2. The van der Waals surface area contributed by atoms with Gasteiger partial charge in [0.2, 0.25) is 0 Å². The first kappa shape index (κ1) is 28.6. The van der Waals surface area contributed by atoms with E-state index in [9.17, 15) is 39.0 Å². The average molecular weight is 593 g/mol. The number of fused-ring (bicyclic) bond motifs is 1. The van der Waals surface area contributed by atoms with Gasteiger partial charge in [0, 0.05) is 11.3 Å². The summed E-state index contributed by atoms with van der Waals surface area (Å²) in [7, 11) is -11.0. The summed E-state index contributed by atoms with van der Waals surface area (Å²) in [5, 5.41) is 31.2. The Morgan fingerprint density at radius 3 is 2.61 bits per heavy atom. The number of aromatic carboxylic acids is 1. The quantitative estimate of drug-likeness (QED) is 0.192. The van der Waals surface area contributed by atoms with E-state index in [2.05, 4.69) is 33.3 Å². The highest BCUT2D eigenvalue weighted by atomic mass is 32.1. The van der Waals surface area contributed by atoms with Crippen molar-refractivity contribution in [3.05, 3.63) is 28.2 Å². The Hall–Kier alpha value is -2.41. The fraction of sp³-hybridized carbons (Fsp3) is 0.471. The highest BCUT2D eigenvalue weighted by Crippen LogP contribution is 2.55. The van der Waals surface area contributed by atoms with Crippen molar-refractivity contribution in [3.63, 3.8) is 0 Å². The molecule has 38 heavy (non-hydrogen) atoms. The van der Waals surface area contributed by atoms with Gasteiger partial charge in [-0.05, 0) is 6.92 Å². The van der Waals surface area contributed by atoms with E-state index in [0.717, 1.165) is 17.7 Å². The van der Waals surface area contributed by atoms with Crippen molar-refractivity contribution in [2.45, 2.75) is 37.9 Å². The van der Waals surface area contributed by atoms with E-state index in [4.69, 9.17) is 10.5 Å². The number of imidazole rings is 1. The summed E-state index contributed by atoms with van der Waals surface area (Å²) in [6, 6.07) is 0. The molecule has 208 valence electrons. The molecule has 3 aromatic heterocycles. The number of aromatic nitrogens is 5. The molecule has 0 spiro atoms. The van der Waals surface area contributed by atoms with Crippen LogP contribution in [0.25, 0.3) is 11.2 Å². The number of phosphoric acid groups is 2. The first-order valence-corrected chi connectivity index (χ1v) is 14.3. The number of aliphatic hydroxyl groups excluding tert-OH is 2. The number of aryl methyl sites for hydroxylation is 1. The van der Waals surface area contributed by atoms with Gasteiger partial charge in [0.25, 0.3) is 15.6 Å². The summed E-state index contributed by atoms with van der Waals surface area (Å²) in [6.07, 6.45) is -3.68. The maximum atomic E-state index is 12.1. The number of hydrogen-bond donors (Lipinski definition) is 3. The summed E-state index contributed by atoms with van der Waals surface area (Å²) in [4.78, 5) is 50.8. The third kappa shape index (κ3) is 6.24. The summed E-state index contributed by atoms with van der Waals surface area (Å²) in [5.74, 6) is -1.44. The number of carbonyl (C=O) groups excluding carboxylic acids is 1. The zero-order chi connectivity index (χ0) is 27.8. The zero-order valence-corrected chi connectivity index (χ0v) is 21.8. The van der Waals surface area contributed by atoms with Crippen LogP contribution in [0.3, 0.4) is 0 Å². The molecule has 2 unspecified atom stereocenters. The van der Waals surface area contributed by atoms with Crippen molar-refractivity contribution in [1.29, 1.82) is 0 Å². The Kier molecular flexibility index (Phi) is 8.27. The molecule has 4 heterocycles. The molecule has 0 radical (unpaired) electrons. The number of ether oxygens (including phenoxy) is 1. The molecule has 18 nitrogen and oxygen atoms in total. The van der Waals surface area contributed by atoms with Gasteiger partial charge in [-0.3, -0.25) is 13.7 Å². The molecule has 0 amide bonds.